The molecule has 2 aromatic carbocycles. The number of aliphatic carboxylic acids is 1. The summed E-state index contributed by atoms with van der Waals surface area (Å²) in [4.78, 5) is 48.3. The molecular weight excluding hydrogens is 566 g/mol. The number of primary amides is 1. The van der Waals surface area contributed by atoms with Crippen molar-refractivity contribution in [2.45, 2.75) is 63.2 Å². The summed E-state index contributed by atoms with van der Waals surface area (Å²) in [6.07, 6.45) is -0.399. The average molecular weight is 599 g/mol. The Hall–Kier alpha value is -3.68. The molecule has 2 aliphatic heterocycles. The Labute approximate surface area is 243 Å². The van der Waals surface area contributed by atoms with Crippen molar-refractivity contribution < 1.29 is 33.6 Å². The quantitative estimate of drug-likeness (QED) is 0.186. The van der Waals surface area contributed by atoms with Gasteiger partial charge in [-0.05, 0) is 54.9 Å². The number of hydrogen-bond donors (Lipinski definition) is 1. The third-order valence-electron chi connectivity index (χ3n) is 7.94. The molecule has 2 aromatic rings. The number of nitrogens with zero attached hydrogens (tertiary/aromatic N) is 2. The number of carboxylic acids is 1. The number of carboxylic acid groups (broad SMARTS) is 1. The summed E-state index contributed by atoms with van der Waals surface area (Å²) in [5.41, 5.74) is 5.72. The Morgan fingerprint density at radius 1 is 1.15 bits per heavy atom. The lowest BCUT2D eigenvalue weighted by atomic mass is 9.78. The fourth-order valence-corrected chi connectivity index (χ4v) is 7.95. The largest absolute Gasteiger partial charge is 0.543 e. The van der Waals surface area contributed by atoms with Crippen molar-refractivity contribution in [3.05, 3.63) is 80.6 Å². The summed E-state index contributed by atoms with van der Waals surface area (Å²) < 4.78 is 12.6. The van der Waals surface area contributed by atoms with E-state index in [0.29, 0.717) is 5.56 Å². The minimum atomic E-state index is -2.33. The number of nitrogens with two attached hydrogens (primary N) is 1. The highest BCUT2D eigenvalue weighted by molar-refractivity contribution is 8.04. The number of nitro benzene ring substituents is 1. The van der Waals surface area contributed by atoms with Crippen molar-refractivity contribution in [2.24, 2.45) is 11.7 Å². The maximum absolute atomic E-state index is 13.7. The van der Waals surface area contributed by atoms with Crippen molar-refractivity contribution in [1.29, 1.82) is 0 Å². The first-order valence-electron chi connectivity index (χ1n) is 13.0. The number of amides is 2. The zero-order valence-corrected chi connectivity index (χ0v) is 25.4. The highest BCUT2D eigenvalue weighted by Crippen LogP contribution is 2.61. The molecule has 218 valence electrons. The second-order valence-corrected chi connectivity index (χ2v) is 17.7. The molecule has 2 heterocycles. The molecule has 0 spiro atoms. The Balaban J connectivity index is 1.74. The van der Waals surface area contributed by atoms with Crippen LogP contribution < -0.4 is 15.6 Å². The van der Waals surface area contributed by atoms with Crippen LogP contribution >= 0.6 is 11.8 Å². The third-order valence-corrected chi connectivity index (χ3v) is 13.9. The molecule has 2 aliphatic rings. The summed E-state index contributed by atoms with van der Waals surface area (Å²) >= 11 is 1.08. The van der Waals surface area contributed by atoms with E-state index in [4.69, 9.17) is 14.9 Å². The van der Waals surface area contributed by atoms with Crippen LogP contribution in [0.25, 0.3) is 0 Å². The van der Waals surface area contributed by atoms with Gasteiger partial charge in [-0.1, -0.05) is 44.7 Å². The van der Waals surface area contributed by atoms with Crippen molar-refractivity contribution >= 4 is 43.6 Å². The second-order valence-electron chi connectivity index (χ2n) is 11.7. The molecule has 13 heteroatoms. The lowest BCUT2D eigenvalue weighted by Gasteiger charge is -2.56. The first-order chi connectivity index (χ1) is 19.0. The standard InChI is InChI=1S/C28H33N3O8SSi/c1-16(39-41(5,6)27(2,3)4)21-24(33)30-22(25(34)35)26(38-20-13-9-18(10-14-20)23(29)32)40-28(21,30)15-17-7-11-19(12-8-17)31(36)37/h7-14,16,21H,15H2,1-6H3,(H2,29,32)(H,34,35)/p-1/t16-,21+,28-/m1/s1. The Morgan fingerprint density at radius 3 is 2.22 bits per heavy atom. The fourth-order valence-electron chi connectivity index (χ4n) is 4.87. The maximum atomic E-state index is 13.7. The molecule has 1 fully saturated rings. The van der Waals surface area contributed by atoms with E-state index in [0.717, 1.165) is 11.8 Å². The van der Waals surface area contributed by atoms with Gasteiger partial charge in [-0.15, -0.1) is 0 Å². The number of nitro groups is 1. The number of ether oxygens (including phenoxy) is 1. The van der Waals surface area contributed by atoms with Gasteiger partial charge in [0.2, 0.25) is 11.8 Å². The SMILES string of the molecule is C[C@@H](O[Si](C)(C)C(C)(C)C)[C@H]1C(=O)N2C(C(=O)[O-])=C(Oc3ccc(C(N)=O)cc3)S[C@]12Cc1ccc([N+](=O)[O-])cc1. The van der Waals surface area contributed by atoms with Crippen LogP contribution in [0.4, 0.5) is 5.69 Å². The number of carbonyl (C=O) groups is 3. The summed E-state index contributed by atoms with van der Waals surface area (Å²) in [6.45, 7) is 12.2. The van der Waals surface area contributed by atoms with Gasteiger partial charge in [0.1, 0.15) is 16.3 Å². The van der Waals surface area contributed by atoms with E-state index in [1.165, 1.54) is 41.3 Å². The predicted octanol–water partition coefficient (Wildman–Crippen LogP) is 3.55. The Bertz CT molecular complexity index is 1440. The Morgan fingerprint density at radius 2 is 1.73 bits per heavy atom. The molecule has 0 aliphatic carbocycles. The van der Waals surface area contributed by atoms with Crippen molar-refractivity contribution in [1.82, 2.24) is 4.90 Å². The van der Waals surface area contributed by atoms with Crippen LogP contribution in [-0.4, -0.2) is 46.9 Å². The molecule has 0 bridgehead atoms. The van der Waals surface area contributed by atoms with E-state index in [-0.39, 0.29) is 33.6 Å². The van der Waals surface area contributed by atoms with Gasteiger partial charge >= 0.3 is 0 Å². The smallest absolute Gasteiger partial charge is 0.269 e. The molecule has 3 atom stereocenters. The van der Waals surface area contributed by atoms with Gasteiger partial charge in [0.25, 0.3) is 5.69 Å². The highest BCUT2D eigenvalue weighted by Gasteiger charge is 2.69. The van der Waals surface area contributed by atoms with E-state index in [1.54, 1.807) is 12.1 Å². The Kier molecular flexibility index (Phi) is 7.84. The monoisotopic (exact) mass is 598 g/mol. The number of thioether (sulfide) groups is 1. The first kappa shape index (κ1) is 30.3. The fraction of sp³-hybridized carbons (Fsp3) is 0.393. The summed E-state index contributed by atoms with van der Waals surface area (Å²) in [5, 5.41) is 23.4. The number of hydrogen-bond acceptors (Lipinski definition) is 9. The van der Waals surface area contributed by atoms with Crippen LogP contribution in [0, 0.1) is 16.0 Å². The van der Waals surface area contributed by atoms with E-state index < -0.39 is 53.6 Å². The number of non-ortho nitro benzene ring substituents is 1. The van der Waals surface area contributed by atoms with Crippen molar-refractivity contribution in [3.63, 3.8) is 0 Å². The molecule has 0 radical (unpaired) electrons. The van der Waals surface area contributed by atoms with Crippen molar-refractivity contribution in [2.75, 3.05) is 0 Å². The molecule has 41 heavy (non-hydrogen) atoms. The summed E-state index contributed by atoms with van der Waals surface area (Å²) in [5.74, 6) is -3.16. The van der Waals surface area contributed by atoms with Gasteiger partial charge in [-0.3, -0.25) is 24.6 Å². The van der Waals surface area contributed by atoms with E-state index >= 15 is 0 Å². The summed E-state index contributed by atoms with van der Waals surface area (Å²) in [7, 11) is -2.33. The van der Waals surface area contributed by atoms with E-state index in [2.05, 4.69) is 33.9 Å². The first-order valence-corrected chi connectivity index (χ1v) is 16.7. The number of rotatable bonds is 10. The molecule has 0 aromatic heterocycles. The van der Waals surface area contributed by atoms with Crippen LogP contribution in [-0.2, 0) is 20.4 Å². The van der Waals surface area contributed by atoms with E-state index in [9.17, 15) is 29.6 Å². The number of β-lactam (4-membered cyclic amide) rings is 1. The molecule has 1 saturated heterocycles. The van der Waals surface area contributed by atoms with Crippen LogP contribution in [0.3, 0.4) is 0 Å². The number of fused-ring (bicyclic) bond motifs is 1. The molecular formula is C28H32N3O8SSi-. The minimum absolute atomic E-state index is 0.0471. The van der Waals surface area contributed by atoms with Gasteiger partial charge in [0, 0.05) is 24.1 Å². The molecule has 0 unspecified atom stereocenters. The van der Waals surface area contributed by atoms with Crippen LogP contribution in [0.1, 0.15) is 43.6 Å². The van der Waals surface area contributed by atoms with Gasteiger partial charge in [0.15, 0.2) is 13.4 Å². The van der Waals surface area contributed by atoms with Crippen LogP contribution in [0.2, 0.25) is 18.1 Å². The second kappa shape index (κ2) is 10.6. The van der Waals surface area contributed by atoms with Gasteiger partial charge in [0.05, 0.1) is 22.9 Å². The maximum Gasteiger partial charge on any atom is 0.269 e. The third kappa shape index (κ3) is 5.48. The van der Waals surface area contributed by atoms with Crippen LogP contribution in [0.5, 0.6) is 5.75 Å². The topological polar surface area (TPSA) is 165 Å². The molecule has 2 amide bonds. The normalized spacial score (nSPS) is 21.3. The van der Waals surface area contributed by atoms with Gasteiger partial charge in [-0.2, -0.15) is 0 Å². The average Bonchev–Trinajstić information content (AvgIpc) is 3.13. The van der Waals surface area contributed by atoms with Crippen LogP contribution in [0.15, 0.2) is 59.3 Å². The lowest BCUT2D eigenvalue weighted by Crippen LogP contribution is -2.72. The minimum Gasteiger partial charge on any atom is -0.543 e. The van der Waals surface area contributed by atoms with Crippen molar-refractivity contribution in [3.8, 4) is 5.75 Å². The molecule has 4 rings (SSSR count). The zero-order chi connectivity index (χ0) is 30.5. The number of benzene rings is 2. The van der Waals surface area contributed by atoms with Gasteiger partial charge < -0.3 is 24.8 Å². The predicted molar refractivity (Wildman–Crippen MR) is 153 cm³/mol. The lowest BCUT2D eigenvalue weighted by molar-refractivity contribution is -0.384. The highest BCUT2D eigenvalue weighted by atomic mass is 32.2. The van der Waals surface area contributed by atoms with E-state index in [1.807, 2.05) is 6.92 Å². The van der Waals surface area contributed by atoms with Gasteiger partial charge in [-0.25, -0.2) is 0 Å². The molecule has 11 nitrogen and oxygen atoms in total. The molecule has 0 saturated carbocycles. The summed E-state index contributed by atoms with van der Waals surface area (Å²) in [6, 6.07) is 11.7. The number of carbonyl (C=O) groups excluding carboxylic acids is 3. The molecule has 2 N–H and O–H groups in total. The zero-order valence-electron chi connectivity index (χ0n) is 23.6.